The molecule has 2 fully saturated rings. The molecule has 0 aliphatic carbocycles. The number of carbonyl (C=O) groups excluding carboxylic acids is 1. The molecule has 0 saturated carbocycles. The fourth-order valence-electron chi connectivity index (χ4n) is 4.32. The summed E-state index contributed by atoms with van der Waals surface area (Å²) in [6, 6.07) is 13.0. The highest BCUT2D eigenvalue weighted by Crippen LogP contribution is 2.29. The summed E-state index contributed by atoms with van der Waals surface area (Å²) in [5.41, 5.74) is 0.278. The van der Waals surface area contributed by atoms with Crippen LogP contribution in [0.4, 0.5) is 0 Å². The third-order valence-corrected chi connectivity index (χ3v) is 7.20. The van der Waals surface area contributed by atoms with E-state index >= 15 is 0 Å². The molecule has 2 aromatic rings. The normalized spacial score (nSPS) is 21.4. The van der Waals surface area contributed by atoms with Crippen molar-refractivity contribution in [3.8, 4) is 11.5 Å². The highest BCUT2D eigenvalue weighted by molar-refractivity contribution is 6.42. The van der Waals surface area contributed by atoms with Gasteiger partial charge in [0.15, 0.2) is 6.61 Å². The number of hydrogen-bond acceptors (Lipinski definition) is 6. The predicted molar refractivity (Wildman–Crippen MR) is 135 cm³/mol. The van der Waals surface area contributed by atoms with Crippen molar-refractivity contribution in [3.05, 3.63) is 58.1 Å². The van der Waals surface area contributed by atoms with Gasteiger partial charge in [-0.1, -0.05) is 35.3 Å². The number of halogens is 2. The van der Waals surface area contributed by atoms with Crippen LogP contribution in [-0.4, -0.2) is 79.0 Å². The number of morpholine rings is 1. The minimum absolute atomic E-state index is 0.0161. The van der Waals surface area contributed by atoms with Gasteiger partial charge in [0.1, 0.15) is 18.1 Å². The summed E-state index contributed by atoms with van der Waals surface area (Å²) in [5, 5.41) is 12.0. The molecule has 190 valence electrons. The van der Waals surface area contributed by atoms with Crippen molar-refractivity contribution < 1.29 is 24.1 Å². The number of ether oxygens (including phenoxy) is 3. The summed E-state index contributed by atoms with van der Waals surface area (Å²) >= 11 is 12.0. The Morgan fingerprint density at radius 3 is 2.43 bits per heavy atom. The molecule has 0 unspecified atom stereocenters. The maximum atomic E-state index is 12.2. The largest absolute Gasteiger partial charge is 0.491 e. The average Bonchev–Trinajstić information content (AvgIpc) is 3.06. The van der Waals surface area contributed by atoms with E-state index in [1.54, 1.807) is 23.1 Å². The lowest BCUT2D eigenvalue weighted by Crippen LogP contribution is -2.42. The van der Waals surface area contributed by atoms with Crippen molar-refractivity contribution >= 4 is 29.1 Å². The fourth-order valence-corrected chi connectivity index (χ4v) is 4.61. The fraction of sp³-hybridized carbons (Fsp3) is 0.500. The summed E-state index contributed by atoms with van der Waals surface area (Å²) in [7, 11) is 0. The molecule has 0 bridgehead atoms. The summed E-state index contributed by atoms with van der Waals surface area (Å²) in [4.78, 5) is 16.4. The monoisotopic (exact) mass is 522 g/mol. The van der Waals surface area contributed by atoms with Crippen LogP contribution in [0.25, 0.3) is 0 Å². The first-order valence-corrected chi connectivity index (χ1v) is 12.8. The molecule has 9 heteroatoms. The Morgan fingerprint density at radius 1 is 0.943 bits per heavy atom. The second-order valence-corrected chi connectivity index (χ2v) is 9.96. The standard InChI is InChI=1S/C26H32Cl2N2O5/c27-23-7-6-22(16-24(23)28)35-19-26(32)8-1-10-29(11-9-26)17-20-2-4-21(5-3-20)34-18-25(31)30-12-14-33-15-13-30/h2-7,16,32H,1,8-15,17-19H2/t26-/m1/s1. The molecule has 2 heterocycles. The van der Waals surface area contributed by atoms with Crippen molar-refractivity contribution in [2.45, 2.75) is 31.4 Å². The van der Waals surface area contributed by atoms with E-state index in [0.717, 1.165) is 31.6 Å². The van der Waals surface area contributed by atoms with Crippen molar-refractivity contribution in [3.63, 3.8) is 0 Å². The molecule has 2 aromatic carbocycles. The van der Waals surface area contributed by atoms with E-state index in [1.165, 1.54) is 0 Å². The zero-order valence-corrected chi connectivity index (χ0v) is 21.3. The highest BCUT2D eigenvalue weighted by atomic mass is 35.5. The van der Waals surface area contributed by atoms with E-state index in [4.69, 9.17) is 37.4 Å². The maximum Gasteiger partial charge on any atom is 0.260 e. The van der Waals surface area contributed by atoms with Gasteiger partial charge in [-0.05, 0) is 55.6 Å². The number of aliphatic hydroxyl groups is 1. The Morgan fingerprint density at radius 2 is 1.69 bits per heavy atom. The van der Waals surface area contributed by atoms with E-state index in [9.17, 15) is 9.90 Å². The first-order chi connectivity index (χ1) is 16.9. The van der Waals surface area contributed by atoms with Crippen LogP contribution in [0.5, 0.6) is 11.5 Å². The molecule has 2 aliphatic heterocycles. The number of carbonyl (C=O) groups is 1. The molecule has 1 atom stereocenters. The van der Waals surface area contributed by atoms with Crippen LogP contribution in [0.15, 0.2) is 42.5 Å². The maximum absolute atomic E-state index is 12.2. The van der Waals surface area contributed by atoms with Crippen LogP contribution >= 0.6 is 23.2 Å². The van der Waals surface area contributed by atoms with Gasteiger partial charge in [0.25, 0.3) is 5.91 Å². The molecule has 4 rings (SSSR count). The number of rotatable bonds is 8. The van der Waals surface area contributed by atoms with Gasteiger partial charge in [0.05, 0.1) is 28.9 Å². The molecule has 0 spiro atoms. The molecule has 0 radical (unpaired) electrons. The second kappa shape index (κ2) is 12.3. The van der Waals surface area contributed by atoms with Gasteiger partial charge in [-0.15, -0.1) is 0 Å². The van der Waals surface area contributed by atoms with Crippen LogP contribution < -0.4 is 9.47 Å². The van der Waals surface area contributed by atoms with E-state index in [2.05, 4.69) is 4.90 Å². The summed E-state index contributed by atoms with van der Waals surface area (Å²) < 4.78 is 16.8. The van der Waals surface area contributed by atoms with Gasteiger partial charge < -0.3 is 24.2 Å². The minimum Gasteiger partial charge on any atom is -0.491 e. The van der Waals surface area contributed by atoms with Gasteiger partial charge in [-0.3, -0.25) is 9.69 Å². The Kier molecular flexibility index (Phi) is 9.14. The Balaban J connectivity index is 1.22. The minimum atomic E-state index is -0.883. The van der Waals surface area contributed by atoms with Crippen molar-refractivity contribution in [1.82, 2.24) is 9.80 Å². The SMILES string of the molecule is O=C(COc1ccc(CN2CCC[C@](O)(COc3ccc(Cl)c(Cl)c3)CC2)cc1)N1CCOCC1. The molecule has 2 aliphatic rings. The van der Waals surface area contributed by atoms with Gasteiger partial charge >= 0.3 is 0 Å². The van der Waals surface area contributed by atoms with Crippen LogP contribution in [0.3, 0.4) is 0 Å². The van der Waals surface area contributed by atoms with E-state index in [1.807, 2.05) is 24.3 Å². The molecule has 0 aromatic heterocycles. The van der Waals surface area contributed by atoms with E-state index in [0.29, 0.717) is 60.7 Å². The summed E-state index contributed by atoms with van der Waals surface area (Å²) in [5.74, 6) is 1.26. The lowest BCUT2D eigenvalue weighted by Gasteiger charge is -2.27. The van der Waals surface area contributed by atoms with Crippen LogP contribution in [0.1, 0.15) is 24.8 Å². The Bertz CT molecular complexity index is 984. The number of nitrogens with zero attached hydrogens (tertiary/aromatic N) is 2. The van der Waals surface area contributed by atoms with Crippen LogP contribution in [0, 0.1) is 0 Å². The molecule has 2 saturated heterocycles. The third kappa shape index (κ3) is 7.72. The quantitative estimate of drug-likeness (QED) is 0.564. The van der Waals surface area contributed by atoms with Crippen molar-refractivity contribution in [2.75, 3.05) is 52.6 Å². The number of benzene rings is 2. The first-order valence-electron chi connectivity index (χ1n) is 12.0. The van der Waals surface area contributed by atoms with Gasteiger partial charge in [0, 0.05) is 32.2 Å². The van der Waals surface area contributed by atoms with Gasteiger partial charge in [-0.2, -0.15) is 0 Å². The Hall–Kier alpha value is -2.03. The second-order valence-electron chi connectivity index (χ2n) is 9.14. The number of amides is 1. The topological polar surface area (TPSA) is 71.5 Å². The van der Waals surface area contributed by atoms with Gasteiger partial charge in [0.2, 0.25) is 0 Å². The van der Waals surface area contributed by atoms with Gasteiger partial charge in [-0.25, -0.2) is 0 Å². The zero-order valence-electron chi connectivity index (χ0n) is 19.8. The molecule has 1 N–H and O–H groups in total. The van der Waals surface area contributed by atoms with Crippen molar-refractivity contribution in [1.29, 1.82) is 0 Å². The van der Waals surface area contributed by atoms with Crippen LogP contribution in [0.2, 0.25) is 10.0 Å². The van der Waals surface area contributed by atoms with Crippen LogP contribution in [-0.2, 0) is 16.1 Å². The molecular formula is C26H32Cl2N2O5. The van der Waals surface area contributed by atoms with E-state index in [-0.39, 0.29) is 19.1 Å². The molecule has 35 heavy (non-hydrogen) atoms. The summed E-state index contributed by atoms with van der Waals surface area (Å²) in [6.07, 6.45) is 2.18. The lowest BCUT2D eigenvalue weighted by molar-refractivity contribution is -0.137. The predicted octanol–water partition coefficient (Wildman–Crippen LogP) is 4.03. The first kappa shape index (κ1) is 26.0. The van der Waals surface area contributed by atoms with E-state index < -0.39 is 5.60 Å². The lowest BCUT2D eigenvalue weighted by atomic mass is 9.96. The average molecular weight is 523 g/mol. The molecule has 7 nitrogen and oxygen atoms in total. The smallest absolute Gasteiger partial charge is 0.260 e. The third-order valence-electron chi connectivity index (χ3n) is 6.46. The van der Waals surface area contributed by atoms with Crippen molar-refractivity contribution in [2.24, 2.45) is 0 Å². The zero-order chi connectivity index (χ0) is 24.7. The molecular weight excluding hydrogens is 491 g/mol. The summed E-state index contributed by atoms with van der Waals surface area (Å²) in [6.45, 7) is 5.12. The number of hydrogen-bond donors (Lipinski definition) is 1. The molecule has 1 amide bonds. The Labute approximate surface area is 216 Å². The highest BCUT2D eigenvalue weighted by Gasteiger charge is 2.31. The number of likely N-dealkylation sites (tertiary alicyclic amines) is 1.